The SMILES string of the molecule is CCCc1ccc(OCC2CCC(C#CC=CC3CCC(CC)CC3)CC2)cc1. The van der Waals surface area contributed by atoms with E-state index in [-0.39, 0.29) is 0 Å². The van der Waals surface area contributed by atoms with E-state index in [1.807, 2.05) is 0 Å². The van der Waals surface area contributed by atoms with Crippen LogP contribution in [0.4, 0.5) is 0 Å². The van der Waals surface area contributed by atoms with E-state index in [2.05, 4.69) is 62.1 Å². The van der Waals surface area contributed by atoms with Gasteiger partial charge in [-0.3, -0.25) is 0 Å². The van der Waals surface area contributed by atoms with Crippen LogP contribution in [0.2, 0.25) is 0 Å². The van der Waals surface area contributed by atoms with Gasteiger partial charge in [0.1, 0.15) is 5.75 Å². The molecule has 2 aliphatic rings. The fourth-order valence-corrected chi connectivity index (χ4v) is 4.87. The lowest BCUT2D eigenvalue weighted by Crippen LogP contribution is -2.19. The Kier molecular flexibility index (Phi) is 9.20. The van der Waals surface area contributed by atoms with Gasteiger partial charge in [0.05, 0.1) is 6.61 Å². The minimum absolute atomic E-state index is 0.583. The van der Waals surface area contributed by atoms with Gasteiger partial charge in [-0.1, -0.05) is 56.7 Å². The van der Waals surface area contributed by atoms with Crippen molar-refractivity contribution in [3.63, 3.8) is 0 Å². The first-order valence-corrected chi connectivity index (χ1v) is 12.2. The highest BCUT2D eigenvalue weighted by atomic mass is 16.5. The van der Waals surface area contributed by atoms with Crippen LogP contribution >= 0.6 is 0 Å². The molecular formula is C28H40O. The number of hydrogen-bond donors (Lipinski definition) is 0. The van der Waals surface area contributed by atoms with Gasteiger partial charge in [-0.05, 0) is 99.3 Å². The van der Waals surface area contributed by atoms with Crippen LogP contribution in [0.1, 0.15) is 83.6 Å². The number of hydrogen-bond acceptors (Lipinski definition) is 1. The Morgan fingerprint density at radius 1 is 0.897 bits per heavy atom. The van der Waals surface area contributed by atoms with E-state index in [9.17, 15) is 0 Å². The van der Waals surface area contributed by atoms with Crippen LogP contribution in [-0.4, -0.2) is 6.61 Å². The first-order chi connectivity index (χ1) is 14.3. The van der Waals surface area contributed by atoms with Crippen LogP contribution in [0.15, 0.2) is 36.4 Å². The third kappa shape index (κ3) is 7.58. The van der Waals surface area contributed by atoms with Crippen molar-refractivity contribution in [1.82, 2.24) is 0 Å². The van der Waals surface area contributed by atoms with Gasteiger partial charge in [0, 0.05) is 5.92 Å². The topological polar surface area (TPSA) is 9.23 Å². The summed E-state index contributed by atoms with van der Waals surface area (Å²) in [5.74, 6) is 10.9. The van der Waals surface area contributed by atoms with Gasteiger partial charge in [0.15, 0.2) is 0 Å². The summed E-state index contributed by atoms with van der Waals surface area (Å²) >= 11 is 0. The molecule has 0 aromatic heterocycles. The predicted octanol–water partition coefficient (Wildman–Crippen LogP) is 7.60. The van der Waals surface area contributed by atoms with Crippen molar-refractivity contribution in [2.24, 2.45) is 23.7 Å². The molecule has 1 aromatic carbocycles. The zero-order valence-corrected chi connectivity index (χ0v) is 18.7. The molecule has 0 aliphatic heterocycles. The molecule has 158 valence electrons. The second-order valence-corrected chi connectivity index (χ2v) is 9.26. The first kappa shape index (κ1) is 22.0. The van der Waals surface area contributed by atoms with Crippen LogP contribution < -0.4 is 4.74 Å². The molecule has 0 saturated heterocycles. The summed E-state index contributed by atoms with van der Waals surface area (Å²) in [5, 5.41) is 0. The zero-order valence-electron chi connectivity index (χ0n) is 18.7. The van der Waals surface area contributed by atoms with Crippen molar-refractivity contribution in [1.29, 1.82) is 0 Å². The molecular weight excluding hydrogens is 352 g/mol. The molecule has 0 heterocycles. The highest BCUT2D eigenvalue weighted by Gasteiger charge is 2.20. The van der Waals surface area contributed by atoms with E-state index in [0.717, 1.165) is 30.6 Å². The highest BCUT2D eigenvalue weighted by molar-refractivity contribution is 5.27. The lowest BCUT2D eigenvalue weighted by atomic mass is 9.81. The molecule has 0 atom stereocenters. The van der Waals surface area contributed by atoms with Crippen molar-refractivity contribution < 1.29 is 4.74 Å². The van der Waals surface area contributed by atoms with E-state index in [0.29, 0.717) is 11.8 Å². The molecule has 0 radical (unpaired) electrons. The minimum atomic E-state index is 0.583. The minimum Gasteiger partial charge on any atom is -0.493 e. The average molecular weight is 393 g/mol. The number of aryl methyl sites for hydroxylation is 1. The number of allylic oxidation sites excluding steroid dienone is 2. The maximum Gasteiger partial charge on any atom is 0.119 e. The number of benzene rings is 1. The number of ether oxygens (including phenoxy) is 1. The Hall–Kier alpha value is -1.68. The monoisotopic (exact) mass is 392 g/mol. The molecule has 2 aliphatic carbocycles. The van der Waals surface area contributed by atoms with E-state index in [1.54, 1.807) is 0 Å². The molecule has 0 spiro atoms. The van der Waals surface area contributed by atoms with Gasteiger partial charge in [0.2, 0.25) is 0 Å². The maximum atomic E-state index is 6.05. The van der Waals surface area contributed by atoms with Gasteiger partial charge < -0.3 is 4.74 Å². The molecule has 1 heteroatoms. The molecule has 0 amide bonds. The maximum absolute atomic E-state index is 6.05. The molecule has 3 rings (SSSR count). The average Bonchev–Trinajstić information content (AvgIpc) is 2.78. The van der Waals surface area contributed by atoms with E-state index >= 15 is 0 Å². The second kappa shape index (κ2) is 12.1. The molecule has 29 heavy (non-hydrogen) atoms. The highest BCUT2D eigenvalue weighted by Crippen LogP contribution is 2.31. The van der Waals surface area contributed by atoms with Crippen molar-refractivity contribution in [3.8, 4) is 17.6 Å². The predicted molar refractivity (Wildman–Crippen MR) is 124 cm³/mol. The van der Waals surface area contributed by atoms with E-state index in [1.165, 1.54) is 69.8 Å². The standard InChI is InChI=1S/C28H40O/c1-3-7-24-18-20-28(21-19-24)29-22-27-16-14-26(15-17-27)9-6-5-8-25-12-10-23(4-2)11-13-25/h5,8,18-21,23,25-27H,3-4,7,10-17,22H2,1-2H3. The normalized spacial score (nSPS) is 27.4. The second-order valence-electron chi connectivity index (χ2n) is 9.26. The van der Waals surface area contributed by atoms with Gasteiger partial charge in [-0.2, -0.15) is 0 Å². The first-order valence-electron chi connectivity index (χ1n) is 12.2. The van der Waals surface area contributed by atoms with Crippen LogP contribution in [0.5, 0.6) is 5.75 Å². The van der Waals surface area contributed by atoms with Crippen LogP contribution in [0, 0.1) is 35.5 Å². The van der Waals surface area contributed by atoms with Gasteiger partial charge in [0.25, 0.3) is 0 Å². The summed E-state index contributed by atoms with van der Waals surface area (Å²) in [6.07, 6.45) is 18.7. The summed E-state index contributed by atoms with van der Waals surface area (Å²) in [5.41, 5.74) is 1.40. The quantitative estimate of drug-likeness (QED) is 0.434. The molecule has 0 bridgehead atoms. The van der Waals surface area contributed by atoms with Crippen molar-refractivity contribution in [2.75, 3.05) is 6.61 Å². The largest absolute Gasteiger partial charge is 0.493 e. The van der Waals surface area contributed by atoms with E-state index < -0.39 is 0 Å². The van der Waals surface area contributed by atoms with Crippen molar-refractivity contribution in [3.05, 3.63) is 42.0 Å². The third-order valence-corrected chi connectivity index (χ3v) is 7.00. The Balaban J connectivity index is 1.32. The molecule has 0 unspecified atom stereocenters. The number of rotatable bonds is 7. The van der Waals surface area contributed by atoms with Crippen LogP contribution in [0.25, 0.3) is 0 Å². The summed E-state index contributed by atoms with van der Waals surface area (Å²) in [4.78, 5) is 0. The third-order valence-electron chi connectivity index (χ3n) is 7.00. The van der Waals surface area contributed by atoms with Gasteiger partial charge >= 0.3 is 0 Å². The Bertz CT molecular complexity index is 659. The fraction of sp³-hybridized carbons (Fsp3) is 0.643. The Morgan fingerprint density at radius 2 is 1.59 bits per heavy atom. The lowest BCUT2D eigenvalue weighted by Gasteiger charge is -2.25. The molecule has 1 nitrogen and oxygen atoms in total. The molecule has 0 N–H and O–H groups in total. The summed E-state index contributed by atoms with van der Waals surface area (Å²) in [6, 6.07) is 8.66. The smallest absolute Gasteiger partial charge is 0.119 e. The molecule has 2 fully saturated rings. The Labute approximate surface area is 179 Å². The zero-order chi connectivity index (χ0) is 20.3. The van der Waals surface area contributed by atoms with Crippen LogP contribution in [-0.2, 0) is 6.42 Å². The van der Waals surface area contributed by atoms with Crippen molar-refractivity contribution in [2.45, 2.75) is 84.5 Å². The summed E-state index contributed by atoms with van der Waals surface area (Å²) in [7, 11) is 0. The summed E-state index contributed by atoms with van der Waals surface area (Å²) < 4.78 is 6.05. The van der Waals surface area contributed by atoms with E-state index in [4.69, 9.17) is 4.74 Å². The molecule has 1 aromatic rings. The summed E-state index contributed by atoms with van der Waals surface area (Å²) in [6.45, 7) is 5.41. The molecule has 2 saturated carbocycles. The Morgan fingerprint density at radius 3 is 2.24 bits per heavy atom. The fourth-order valence-electron chi connectivity index (χ4n) is 4.87. The van der Waals surface area contributed by atoms with Crippen LogP contribution in [0.3, 0.4) is 0 Å². The van der Waals surface area contributed by atoms with Crippen molar-refractivity contribution >= 4 is 0 Å². The lowest BCUT2D eigenvalue weighted by molar-refractivity contribution is 0.196. The van der Waals surface area contributed by atoms with Gasteiger partial charge in [-0.15, -0.1) is 0 Å². The van der Waals surface area contributed by atoms with Gasteiger partial charge in [-0.25, -0.2) is 0 Å².